The lowest BCUT2D eigenvalue weighted by molar-refractivity contribution is -0.250. The summed E-state index contributed by atoms with van der Waals surface area (Å²) < 4.78 is 6.26. The van der Waals surface area contributed by atoms with Crippen molar-refractivity contribution in [1.82, 2.24) is 4.90 Å². The minimum absolute atomic E-state index is 0.0491. The van der Waals surface area contributed by atoms with Gasteiger partial charge in [-0.2, -0.15) is 0 Å². The van der Waals surface area contributed by atoms with Crippen molar-refractivity contribution in [3.05, 3.63) is 12.2 Å². The molecule has 5 aliphatic carbocycles. The molecule has 1 heterocycles. The molecule has 1 saturated heterocycles. The SMILES string of the molecule is C=C(C)[C@@H]1CC[C@]2(C(=O)N3CC[C@H](N)C3)CC[C@]3(C)[C@H](CC[C@@H]4[C@@]5(C)CC[C@H](OC(=O)CC(C)(C)CC(=O)O)C(C)(C)[C@@H]5CC[C@]43C)[C@@H]12. The van der Waals surface area contributed by atoms with Crippen molar-refractivity contribution >= 4 is 17.8 Å². The Balaban J connectivity index is 1.26. The van der Waals surface area contributed by atoms with E-state index in [0.717, 1.165) is 57.9 Å². The highest BCUT2D eigenvalue weighted by Gasteiger charge is 2.72. The second-order valence-corrected chi connectivity index (χ2v) is 19.9. The van der Waals surface area contributed by atoms with Crippen molar-refractivity contribution in [3.8, 4) is 0 Å². The summed E-state index contributed by atoms with van der Waals surface area (Å²) in [4.78, 5) is 41.3. The number of carboxylic acids is 1. The van der Waals surface area contributed by atoms with Crippen LogP contribution >= 0.6 is 0 Å². The lowest BCUT2D eigenvalue weighted by Crippen LogP contribution is -2.67. The van der Waals surface area contributed by atoms with Crippen LogP contribution in [0.15, 0.2) is 12.2 Å². The number of nitrogens with zero attached hydrogens (tertiary/aromatic N) is 1. The molecule has 0 aromatic heterocycles. The van der Waals surface area contributed by atoms with Crippen molar-refractivity contribution < 1.29 is 24.2 Å². The van der Waals surface area contributed by atoms with Gasteiger partial charge in [0.2, 0.25) is 5.91 Å². The fourth-order valence-corrected chi connectivity index (χ4v) is 14.0. The van der Waals surface area contributed by atoms with Gasteiger partial charge in [-0.3, -0.25) is 14.4 Å². The molecule has 1 aliphatic heterocycles. The van der Waals surface area contributed by atoms with E-state index >= 15 is 0 Å². The third kappa shape index (κ3) is 5.32. The highest BCUT2D eigenvalue weighted by Crippen LogP contribution is 2.77. The van der Waals surface area contributed by atoms with Crippen LogP contribution in [0.5, 0.6) is 0 Å². The maximum Gasteiger partial charge on any atom is 0.306 e. The van der Waals surface area contributed by atoms with Gasteiger partial charge in [0.15, 0.2) is 0 Å². The molecule has 0 aromatic rings. The van der Waals surface area contributed by atoms with E-state index in [1.165, 1.54) is 24.8 Å². The Morgan fingerprint density at radius 3 is 2.21 bits per heavy atom. The molecule has 5 saturated carbocycles. The van der Waals surface area contributed by atoms with E-state index in [4.69, 9.17) is 10.5 Å². The number of rotatable bonds is 7. The summed E-state index contributed by atoms with van der Waals surface area (Å²) in [5, 5.41) is 9.33. The molecular weight excluding hydrogens is 600 g/mol. The van der Waals surface area contributed by atoms with E-state index in [2.05, 4.69) is 53.0 Å². The van der Waals surface area contributed by atoms with Gasteiger partial charge in [-0.1, -0.05) is 60.6 Å². The second-order valence-electron chi connectivity index (χ2n) is 19.9. The molecule has 11 atom stereocenters. The van der Waals surface area contributed by atoms with Crippen LogP contribution in [0.25, 0.3) is 0 Å². The zero-order valence-corrected chi connectivity index (χ0v) is 31.5. The number of nitrogens with two attached hydrogens (primary N) is 1. The zero-order valence-electron chi connectivity index (χ0n) is 31.5. The van der Waals surface area contributed by atoms with Crippen LogP contribution in [-0.4, -0.2) is 53.1 Å². The number of hydrogen-bond donors (Lipinski definition) is 2. The first-order valence-corrected chi connectivity index (χ1v) is 19.3. The molecule has 6 fully saturated rings. The van der Waals surface area contributed by atoms with Crippen LogP contribution in [0.4, 0.5) is 0 Å². The molecule has 6 rings (SSSR count). The van der Waals surface area contributed by atoms with Crippen LogP contribution < -0.4 is 5.73 Å². The van der Waals surface area contributed by atoms with Crippen molar-refractivity contribution in [2.24, 2.45) is 67.8 Å². The van der Waals surface area contributed by atoms with E-state index < -0.39 is 11.4 Å². The Labute approximate surface area is 290 Å². The fourth-order valence-electron chi connectivity index (χ4n) is 14.0. The molecule has 0 bridgehead atoms. The molecule has 0 radical (unpaired) electrons. The summed E-state index contributed by atoms with van der Waals surface area (Å²) in [6.45, 7) is 24.4. The number of carbonyl (C=O) groups is 3. The van der Waals surface area contributed by atoms with Gasteiger partial charge < -0.3 is 20.5 Å². The summed E-state index contributed by atoms with van der Waals surface area (Å²) in [5.74, 6) is 1.55. The van der Waals surface area contributed by atoms with Crippen molar-refractivity contribution in [2.45, 2.75) is 151 Å². The van der Waals surface area contributed by atoms with E-state index in [1.54, 1.807) is 0 Å². The Bertz CT molecular complexity index is 1340. The van der Waals surface area contributed by atoms with E-state index in [9.17, 15) is 19.5 Å². The quantitative estimate of drug-likeness (QED) is 0.211. The Morgan fingerprint density at radius 1 is 0.875 bits per heavy atom. The summed E-state index contributed by atoms with van der Waals surface area (Å²) >= 11 is 0. The summed E-state index contributed by atoms with van der Waals surface area (Å²) in [6.07, 6.45) is 11.6. The van der Waals surface area contributed by atoms with E-state index in [0.29, 0.717) is 42.0 Å². The molecule has 48 heavy (non-hydrogen) atoms. The van der Waals surface area contributed by atoms with Gasteiger partial charge in [0.25, 0.3) is 0 Å². The summed E-state index contributed by atoms with van der Waals surface area (Å²) in [7, 11) is 0. The molecular formula is C41H66N2O5. The molecule has 7 heteroatoms. The van der Waals surface area contributed by atoms with Crippen molar-refractivity contribution in [2.75, 3.05) is 13.1 Å². The number of carboxylic acid groups (broad SMARTS) is 1. The largest absolute Gasteiger partial charge is 0.481 e. The van der Waals surface area contributed by atoms with E-state index in [-0.39, 0.29) is 58.0 Å². The van der Waals surface area contributed by atoms with Crippen molar-refractivity contribution in [1.29, 1.82) is 0 Å². The van der Waals surface area contributed by atoms with Crippen LogP contribution in [0.1, 0.15) is 139 Å². The lowest BCUT2D eigenvalue weighted by atomic mass is 9.32. The molecule has 1 amide bonds. The van der Waals surface area contributed by atoms with Gasteiger partial charge in [-0.25, -0.2) is 0 Å². The monoisotopic (exact) mass is 666 g/mol. The fraction of sp³-hybridized carbons (Fsp3) is 0.878. The van der Waals surface area contributed by atoms with Gasteiger partial charge >= 0.3 is 11.9 Å². The number of ether oxygens (including phenoxy) is 1. The van der Waals surface area contributed by atoms with Crippen LogP contribution in [0.2, 0.25) is 0 Å². The van der Waals surface area contributed by atoms with Crippen LogP contribution in [-0.2, 0) is 19.1 Å². The molecule has 0 aromatic carbocycles. The average Bonchev–Trinajstić information content (AvgIpc) is 3.58. The topological polar surface area (TPSA) is 110 Å². The van der Waals surface area contributed by atoms with Gasteiger partial charge in [0, 0.05) is 24.5 Å². The van der Waals surface area contributed by atoms with Crippen LogP contribution in [0.3, 0.4) is 0 Å². The number of aliphatic carboxylic acids is 1. The molecule has 7 nitrogen and oxygen atoms in total. The Morgan fingerprint density at radius 2 is 1.58 bits per heavy atom. The smallest absolute Gasteiger partial charge is 0.306 e. The summed E-state index contributed by atoms with van der Waals surface area (Å²) in [6, 6.07) is 0.105. The zero-order chi connectivity index (χ0) is 35.2. The number of likely N-dealkylation sites (tertiary alicyclic amines) is 1. The molecule has 0 unspecified atom stereocenters. The number of hydrogen-bond acceptors (Lipinski definition) is 5. The van der Waals surface area contributed by atoms with Gasteiger partial charge in [-0.15, -0.1) is 0 Å². The Kier molecular flexibility index (Phi) is 8.86. The average molecular weight is 667 g/mol. The Hall–Kier alpha value is -1.89. The van der Waals surface area contributed by atoms with Gasteiger partial charge in [-0.05, 0) is 129 Å². The number of esters is 1. The minimum Gasteiger partial charge on any atom is -0.481 e. The molecule has 0 spiro atoms. The number of amides is 1. The first kappa shape index (κ1) is 35.9. The lowest BCUT2D eigenvalue weighted by Gasteiger charge is -2.73. The minimum atomic E-state index is -0.884. The normalized spacial score (nSPS) is 44.9. The predicted molar refractivity (Wildman–Crippen MR) is 189 cm³/mol. The van der Waals surface area contributed by atoms with Crippen LogP contribution in [0, 0.1) is 62.1 Å². The number of carbonyl (C=O) groups excluding carboxylic acids is 2. The highest BCUT2D eigenvalue weighted by molar-refractivity contribution is 5.84. The standard InChI is InChI=1S/C41H66N2O5/c1-25(2)27-12-18-41(35(47)43-21-15-26(42)24-43)20-19-39(8)28(34(27)41)10-11-30-38(7)16-14-31(37(5,6)29(38)13-17-40(30,39)9)48-33(46)23-36(3,4)22-32(44)45/h26-31,34H,1,10-24,42H2,2-9H3,(H,44,45)/t26-,27-,28+,29-,30+,31-,34+,38-,39+,40+,41-/m0/s1. The third-order valence-electron chi connectivity index (χ3n) is 16.5. The summed E-state index contributed by atoms with van der Waals surface area (Å²) in [5.41, 5.74) is 6.99. The molecule has 3 N–H and O–H groups in total. The van der Waals surface area contributed by atoms with Gasteiger partial charge in [0.05, 0.1) is 18.3 Å². The first-order chi connectivity index (χ1) is 22.2. The first-order valence-electron chi connectivity index (χ1n) is 19.3. The van der Waals surface area contributed by atoms with Crippen molar-refractivity contribution in [3.63, 3.8) is 0 Å². The maximum absolute atomic E-state index is 14.6. The maximum atomic E-state index is 14.6. The predicted octanol–water partition coefficient (Wildman–Crippen LogP) is 8.01. The second kappa shape index (κ2) is 11.8. The molecule has 6 aliphatic rings. The number of allylic oxidation sites excluding steroid dienone is 1. The third-order valence-corrected chi connectivity index (χ3v) is 16.5. The van der Waals surface area contributed by atoms with E-state index in [1.807, 2.05) is 13.8 Å². The highest BCUT2D eigenvalue weighted by atomic mass is 16.5. The van der Waals surface area contributed by atoms with Gasteiger partial charge in [0.1, 0.15) is 6.10 Å². The molecule has 270 valence electrons. The number of fused-ring (bicyclic) bond motifs is 7.